The average Bonchev–Trinajstić information content (AvgIpc) is 1.84. The van der Waals surface area contributed by atoms with Gasteiger partial charge < -0.3 is 10.8 Å². The van der Waals surface area contributed by atoms with E-state index in [9.17, 15) is 13.6 Å². The van der Waals surface area contributed by atoms with Gasteiger partial charge in [-0.1, -0.05) is 0 Å². The van der Waals surface area contributed by atoms with Crippen LogP contribution in [0.1, 0.15) is 0 Å². The number of carbonyl (C=O) groups is 1. The third kappa shape index (κ3) is 3.58. The highest BCUT2D eigenvalue weighted by Crippen LogP contribution is 2.01. The SMILES string of the molecule is Cl.NC[C@H](F)[C@@H](F)C(=O)O. The molecule has 0 bridgehead atoms. The summed E-state index contributed by atoms with van der Waals surface area (Å²) in [7, 11) is 0. The van der Waals surface area contributed by atoms with E-state index in [1.165, 1.54) is 0 Å². The van der Waals surface area contributed by atoms with Gasteiger partial charge in [0.1, 0.15) is 0 Å². The molecule has 0 amide bonds. The van der Waals surface area contributed by atoms with E-state index in [1.54, 1.807) is 0 Å². The Balaban J connectivity index is 0. The van der Waals surface area contributed by atoms with Gasteiger partial charge in [0.2, 0.25) is 6.17 Å². The van der Waals surface area contributed by atoms with Gasteiger partial charge in [-0.3, -0.25) is 0 Å². The van der Waals surface area contributed by atoms with E-state index in [0.717, 1.165) is 0 Å². The Morgan fingerprint density at radius 1 is 1.60 bits per heavy atom. The van der Waals surface area contributed by atoms with Crippen molar-refractivity contribution in [3.8, 4) is 0 Å². The van der Waals surface area contributed by atoms with Crippen molar-refractivity contribution in [3.05, 3.63) is 0 Å². The third-order valence-electron chi connectivity index (χ3n) is 0.779. The van der Waals surface area contributed by atoms with Crippen molar-refractivity contribution in [1.82, 2.24) is 0 Å². The highest BCUT2D eigenvalue weighted by Gasteiger charge is 2.25. The molecule has 0 aromatic rings. The Labute approximate surface area is 62.6 Å². The molecule has 0 aliphatic rings. The zero-order chi connectivity index (χ0) is 7.44. The molecule has 0 fully saturated rings. The van der Waals surface area contributed by atoms with Crippen LogP contribution in [0.15, 0.2) is 0 Å². The number of carboxylic acids is 1. The molecule has 0 aromatic carbocycles. The summed E-state index contributed by atoms with van der Waals surface area (Å²) in [5.41, 5.74) is 4.63. The molecule has 0 saturated carbocycles. The predicted molar refractivity (Wildman–Crippen MR) is 33.7 cm³/mol. The summed E-state index contributed by atoms with van der Waals surface area (Å²) >= 11 is 0. The first-order valence-electron chi connectivity index (χ1n) is 2.30. The van der Waals surface area contributed by atoms with Crippen molar-refractivity contribution >= 4 is 18.4 Å². The maximum Gasteiger partial charge on any atom is 0.341 e. The number of aliphatic carboxylic acids is 1. The number of hydrogen-bond acceptors (Lipinski definition) is 2. The lowest BCUT2D eigenvalue weighted by Crippen LogP contribution is -2.32. The van der Waals surface area contributed by atoms with E-state index >= 15 is 0 Å². The topological polar surface area (TPSA) is 63.3 Å². The second kappa shape index (κ2) is 5.37. The highest BCUT2D eigenvalue weighted by atomic mass is 35.5. The van der Waals surface area contributed by atoms with E-state index in [4.69, 9.17) is 5.11 Å². The quantitative estimate of drug-likeness (QED) is 0.641. The monoisotopic (exact) mass is 175 g/mol. The first-order valence-corrected chi connectivity index (χ1v) is 2.30. The molecule has 0 aromatic heterocycles. The van der Waals surface area contributed by atoms with Crippen LogP contribution >= 0.6 is 12.4 Å². The average molecular weight is 176 g/mol. The van der Waals surface area contributed by atoms with Crippen LogP contribution in [0.25, 0.3) is 0 Å². The Morgan fingerprint density at radius 2 is 2.00 bits per heavy atom. The number of alkyl halides is 2. The van der Waals surface area contributed by atoms with Gasteiger partial charge in [0.05, 0.1) is 0 Å². The second-order valence-electron chi connectivity index (χ2n) is 1.49. The van der Waals surface area contributed by atoms with Crippen LogP contribution < -0.4 is 5.73 Å². The third-order valence-corrected chi connectivity index (χ3v) is 0.779. The smallest absolute Gasteiger partial charge is 0.341 e. The molecule has 0 unspecified atom stereocenters. The van der Waals surface area contributed by atoms with E-state index in [1.807, 2.05) is 0 Å². The minimum atomic E-state index is -2.49. The van der Waals surface area contributed by atoms with Gasteiger partial charge in [0, 0.05) is 6.54 Å². The molecule has 10 heavy (non-hydrogen) atoms. The largest absolute Gasteiger partial charge is 0.479 e. The van der Waals surface area contributed by atoms with E-state index in [0.29, 0.717) is 0 Å². The molecule has 6 heteroatoms. The van der Waals surface area contributed by atoms with Crippen molar-refractivity contribution in [3.63, 3.8) is 0 Å². The maximum absolute atomic E-state index is 11.9. The number of rotatable bonds is 3. The van der Waals surface area contributed by atoms with Gasteiger partial charge >= 0.3 is 5.97 Å². The van der Waals surface area contributed by atoms with Crippen LogP contribution in [0.4, 0.5) is 8.78 Å². The molecular formula is C4H8ClF2NO2. The molecule has 0 saturated heterocycles. The van der Waals surface area contributed by atoms with Crippen LogP contribution in [0.3, 0.4) is 0 Å². The van der Waals surface area contributed by atoms with Crippen LogP contribution in [-0.4, -0.2) is 30.0 Å². The van der Waals surface area contributed by atoms with Gasteiger partial charge in [-0.15, -0.1) is 12.4 Å². The van der Waals surface area contributed by atoms with Crippen molar-refractivity contribution in [2.75, 3.05) is 6.54 Å². The lowest BCUT2D eigenvalue weighted by molar-refractivity contribution is -0.145. The number of carboxylic acid groups (broad SMARTS) is 1. The van der Waals surface area contributed by atoms with Gasteiger partial charge in [0.25, 0.3) is 0 Å². The fourth-order valence-corrected chi connectivity index (χ4v) is 0.274. The Kier molecular flexibility index (Phi) is 6.59. The normalized spacial score (nSPS) is 15.1. The number of halogens is 3. The molecule has 0 spiro atoms. The molecule has 62 valence electrons. The highest BCUT2D eigenvalue weighted by molar-refractivity contribution is 5.85. The molecule has 0 radical (unpaired) electrons. The number of nitrogens with two attached hydrogens (primary N) is 1. The maximum atomic E-state index is 11.9. The summed E-state index contributed by atoms with van der Waals surface area (Å²) in [5.74, 6) is -1.81. The van der Waals surface area contributed by atoms with E-state index < -0.39 is 24.9 Å². The van der Waals surface area contributed by atoms with Crippen LogP contribution in [0.5, 0.6) is 0 Å². The zero-order valence-electron chi connectivity index (χ0n) is 4.96. The molecule has 0 aliphatic carbocycles. The van der Waals surface area contributed by atoms with Gasteiger partial charge in [-0.2, -0.15) is 0 Å². The second-order valence-corrected chi connectivity index (χ2v) is 1.49. The van der Waals surface area contributed by atoms with Crippen molar-refractivity contribution in [2.45, 2.75) is 12.3 Å². The minimum absolute atomic E-state index is 0. The number of hydrogen-bond donors (Lipinski definition) is 2. The summed E-state index contributed by atoms with van der Waals surface area (Å²) in [6, 6.07) is 0. The van der Waals surface area contributed by atoms with E-state index in [2.05, 4.69) is 5.73 Å². The first kappa shape index (κ1) is 12.3. The van der Waals surface area contributed by atoms with Gasteiger partial charge in [0.15, 0.2) is 6.17 Å². The van der Waals surface area contributed by atoms with E-state index in [-0.39, 0.29) is 12.4 Å². The molecule has 0 heterocycles. The van der Waals surface area contributed by atoms with Crippen LogP contribution in [0, 0.1) is 0 Å². The molecular weight excluding hydrogens is 167 g/mol. The summed E-state index contributed by atoms with van der Waals surface area (Å²) in [5, 5.41) is 7.81. The summed E-state index contributed by atoms with van der Waals surface area (Å²) in [4.78, 5) is 9.63. The lowest BCUT2D eigenvalue weighted by Gasteiger charge is -2.04. The van der Waals surface area contributed by atoms with Gasteiger partial charge in [-0.05, 0) is 0 Å². The van der Waals surface area contributed by atoms with Gasteiger partial charge in [-0.25, -0.2) is 13.6 Å². The summed E-state index contributed by atoms with van der Waals surface area (Å²) in [6.07, 6.45) is -4.59. The molecule has 0 aliphatic heterocycles. The van der Waals surface area contributed by atoms with Crippen molar-refractivity contribution in [1.29, 1.82) is 0 Å². The molecule has 3 N–H and O–H groups in total. The zero-order valence-corrected chi connectivity index (χ0v) is 5.78. The Bertz CT molecular complexity index is 113. The molecule has 2 atom stereocenters. The predicted octanol–water partition coefficient (Wildman–Crippen LogP) is 0.128. The lowest BCUT2D eigenvalue weighted by atomic mass is 10.2. The first-order chi connectivity index (χ1) is 4.09. The Hall–Kier alpha value is -0.420. The standard InChI is InChI=1S/C4H7F2NO2.ClH/c5-2(1-7)3(6)4(8)9;/h2-3H,1,7H2,(H,8,9);1H/t2-,3+;/m0./s1. The minimum Gasteiger partial charge on any atom is -0.479 e. The van der Waals surface area contributed by atoms with Crippen molar-refractivity contribution in [2.24, 2.45) is 5.73 Å². The van der Waals surface area contributed by atoms with Crippen molar-refractivity contribution < 1.29 is 18.7 Å². The molecule has 0 rings (SSSR count). The fraction of sp³-hybridized carbons (Fsp3) is 0.750. The Morgan fingerprint density at radius 3 is 2.10 bits per heavy atom. The van der Waals surface area contributed by atoms with Crippen LogP contribution in [0.2, 0.25) is 0 Å². The molecule has 3 nitrogen and oxygen atoms in total. The summed E-state index contributed by atoms with van der Waals surface area (Å²) in [6.45, 7) is -0.604. The summed E-state index contributed by atoms with van der Waals surface area (Å²) < 4.78 is 23.8. The van der Waals surface area contributed by atoms with Crippen LogP contribution in [-0.2, 0) is 4.79 Å². The fourth-order valence-electron chi connectivity index (χ4n) is 0.274.